The third-order valence-corrected chi connectivity index (χ3v) is 5.92. The minimum atomic E-state index is -0.311. The van der Waals surface area contributed by atoms with E-state index in [-0.39, 0.29) is 17.3 Å². The molecule has 0 unspecified atom stereocenters. The number of aromatic nitrogens is 2. The van der Waals surface area contributed by atoms with Crippen molar-refractivity contribution in [3.63, 3.8) is 0 Å². The fourth-order valence-electron chi connectivity index (χ4n) is 2.33. The van der Waals surface area contributed by atoms with Crippen LogP contribution in [0.1, 0.15) is 12.6 Å². The SMILES string of the molecule is CCOC(=O)CSc1nc2c(c(=O)n1-c1ccc(Br)cc1)SCC2. The Morgan fingerprint density at radius 2 is 2.17 bits per heavy atom. The lowest BCUT2D eigenvalue weighted by Crippen LogP contribution is -2.24. The highest BCUT2D eigenvalue weighted by Crippen LogP contribution is 2.30. The maximum absolute atomic E-state index is 12.9. The van der Waals surface area contributed by atoms with Crippen molar-refractivity contribution in [3.05, 3.63) is 44.8 Å². The van der Waals surface area contributed by atoms with Crippen molar-refractivity contribution in [1.29, 1.82) is 0 Å². The molecule has 1 aromatic heterocycles. The Bertz CT molecular complexity index is 821. The zero-order valence-electron chi connectivity index (χ0n) is 13.0. The minimum absolute atomic E-state index is 0.0730. The van der Waals surface area contributed by atoms with Gasteiger partial charge in [0.2, 0.25) is 0 Å². The first-order valence-corrected chi connectivity index (χ1v) is 10.2. The molecular formula is C16H15BrN2O3S2. The van der Waals surface area contributed by atoms with Crippen molar-refractivity contribution >= 4 is 45.4 Å². The quantitative estimate of drug-likeness (QED) is 0.415. The van der Waals surface area contributed by atoms with Gasteiger partial charge in [0.1, 0.15) is 0 Å². The van der Waals surface area contributed by atoms with Gasteiger partial charge in [-0.1, -0.05) is 27.7 Å². The second-order valence-electron chi connectivity index (χ2n) is 4.98. The average molecular weight is 427 g/mol. The summed E-state index contributed by atoms with van der Waals surface area (Å²) < 4.78 is 7.47. The largest absolute Gasteiger partial charge is 0.465 e. The van der Waals surface area contributed by atoms with E-state index in [1.807, 2.05) is 24.3 Å². The molecule has 2 heterocycles. The fraction of sp³-hybridized carbons (Fsp3) is 0.312. The van der Waals surface area contributed by atoms with Crippen molar-refractivity contribution in [2.24, 2.45) is 0 Å². The average Bonchev–Trinajstić information content (AvgIpc) is 3.03. The predicted molar refractivity (Wildman–Crippen MR) is 99.3 cm³/mol. The Balaban J connectivity index is 2.03. The number of benzene rings is 1. The number of fused-ring (bicyclic) bond motifs is 1. The van der Waals surface area contributed by atoms with Crippen LogP contribution >= 0.6 is 39.5 Å². The molecule has 0 fully saturated rings. The molecule has 8 heteroatoms. The summed E-state index contributed by atoms with van der Waals surface area (Å²) in [6.07, 6.45) is 0.781. The molecule has 0 saturated carbocycles. The van der Waals surface area contributed by atoms with Crippen molar-refractivity contribution in [3.8, 4) is 5.69 Å². The van der Waals surface area contributed by atoms with Crippen molar-refractivity contribution < 1.29 is 9.53 Å². The van der Waals surface area contributed by atoms with Gasteiger partial charge in [-0.2, -0.15) is 0 Å². The molecule has 1 aromatic carbocycles. The highest BCUT2D eigenvalue weighted by Gasteiger charge is 2.23. The van der Waals surface area contributed by atoms with E-state index in [9.17, 15) is 9.59 Å². The molecule has 0 spiro atoms. The van der Waals surface area contributed by atoms with E-state index in [1.54, 1.807) is 23.3 Å². The molecule has 0 N–H and O–H groups in total. The van der Waals surface area contributed by atoms with Gasteiger partial charge in [-0.15, -0.1) is 11.8 Å². The van der Waals surface area contributed by atoms with Gasteiger partial charge in [0.25, 0.3) is 5.56 Å². The van der Waals surface area contributed by atoms with Gasteiger partial charge in [-0.05, 0) is 31.2 Å². The van der Waals surface area contributed by atoms with Crippen LogP contribution in [-0.4, -0.2) is 33.6 Å². The number of ether oxygens (including phenoxy) is 1. The number of rotatable bonds is 5. The molecule has 1 aliphatic rings. The second kappa shape index (κ2) is 7.76. The highest BCUT2D eigenvalue weighted by atomic mass is 79.9. The lowest BCUT2D eigenvalue weighted by Gasteiger charge is -2.13. The molecular weight excluding hydrogens is 412 g/mol. The van der Waals surface area contributed by atoms with Gasteiger partial charge in [0, 0.05) is 16.6 Å². The van der Waals surface area contributed by atoms with Gasteiger partial charge in [0.15, 0.2) is 5.16 Å². The number of hydrogen-bond donors (Lipinski definition) is 0. The Labute approximate surface area is 156 Å². The van der Waals surface area contributed by atoms with Crippen LogP contribution in [0.2, 0.25) is 0 Å². The third kappa shape index (κ3) is 3.70. The van der Waals surface area contributed by atoms with Crippen LogP contribution in [0.25, 0.3) is 5.69 Å². The topological polar surface area (TPSA) is 61.2 Å². The number of esters is 1. The molecule has 3 rings (SSSR count). The third-order valence-electron chi connectivity index (χ3n) is 3.38. The number of nitrogens with zero attached hydrogens (tertiary/aromatic N) is 2. The van der Waals surface area contributed by atoms with Gasteiger partial charge < -0.3 is 4.74 Å². The second-order valence-corrected chi connectivity index (χ2v) is 7.94. The summed E-state index contributed by atoms with van der Waals surface area (Å²) in [4.78, 5) is 29.9. The van der Waals surface area contributed by atoms with E-state index in [2.05, 4.69) is 20.9 Å². The van der Waals surface area contributed by atoms with E-state index < -0.39 is 0 Å². The number of carbonyl (C=O) groups is 1. The monoisotopic (exact) mass is 426 g/mol. The van der Waals surface area contributed by atoms with E-state index in [0.29, 0.717) is 16.7 Å². The number of hydrogen-bond acceptors (Lipinski definition) is 6. The summed E-state index contributed by atoms with van der Waals surface area (Å²) in [5.41, 5.74) is 1.48. The summed E-state index contributed by atoms with van der Waals surface area (Å²) in [6.45, 7) is 2.11. The summed E-state index contributed by atoms with van der Waals surface area (Å²) in [7, 11) is 0. The van der Waals surface area contributed by atoms with Crippen molar-refractivity contribution in [2.45, 2.75) is 23.4 Å². The number of halogens is 1. The van der Waals surface area contributed by atoms with Crippen LogP contribution in [0, 0.1) is 0 Å². The summed E-state index contributed by atoms with van der Waals surface area (Å²) in [6, 6.07) is 7.46. The maximum Gasteiger partial charge on any atom is 0.316 e. The van der Waals surface area contributed by atoms with Crippen LogP contribution in [0.4, 0.5) is 0 Å². The van der Waals surface area contributed by atoms with Gasteiger partial charge in [0.05, 0.1) is 28.6 Å². The van der Waals surface area contributed by atoms with Crippen LogP contribution in [-0.2, 0) is 16.0 Å². The first-order valence-electron chi connectivity index (χ1n) is 7.43. The number of thioether (sulfide) groups is 2. The molecule has 0 radical (unpaired) electrons. The normalized spacial score (nSPS) is 12.9. The molecule has 126 valence electrons. The Kier molecular flexibility index (Phi) is 5.68. The molecule has 2 aromatic rings. The summed E-state index contributed by atoms with van der Waals surface area (Å²) in [5, 5.41) is 0.525. The van der Waals surface area contributed by atoms with Crippen molar-refractivity contribution in [2.75, 3.05) is 18.1 Å². The molecule has 0 atom stereocenters. The number of carbonyl (C=O) groups excluding carboxylic acids is 1. The molecule has 0 bridgehead atoms. The lowest BCUT2D eigenvalue weighted by atomic mass is 10.3. The van der Waals surface area contributed by atoms with Crippen LogP contribution in [0.15, 0.2) is 43.6 Å². The van der Waals surface area contributed by atoms with Crippen molar-refractivity contribution in [1.82, 2.24) is 9.55 Å². The molecule has 1 aliphatic heterocycles. The molecule has 0 aliphatic carbocycles. The smallest absolute Gasteiger partial charge is 0.316 e. The summed E-state index contributed by atoms with van der Waals surface area (Å²) in [5.74, 6) is 0.682. The summed E-state index contributed by atoms with van der Waals surface area (Å²) >= 11 is 6.17. The van der Waals surface area contributed by atoms with E-state index in [0.717, 1.165) is 28.0 Å². The van der Waals surface area contributed by atoms with Gasteiger partial charge >= 0.3 is 5.97 Å². The zero-order chi connectivity index (χ0) is 17.1. The van der Waals surface area contributed by atoms with E-state index in [4.69, 9.17) is 4.74 Å². The highest BCUT2D eigenvalue weighted by molar-refractivity contribution is 9.10. The van der Waals surface area contributed by atoms with E-state index in [1.165, 1.54) is 11.8 Å². The Morgan fingerprint density at radius 3 is 2.88 bits per heavy atom. The minimum Gasteiger partial charge on any atom is -0.465 e. The van der Waals surface area contributed by atoms with Gasteiger partial charge in [-0.3, -0.25) is 14.2 Å². The maximum atomic E-state index is 12.9. The molecule has 5 nitrogen and oxygen atoms in total. The first kappa shape index (κ1) is 17.6. The van der Waals surface area contributed by atoms with E-state index >= 15 is 0 Å². The first-order chi connectivity index (χ1) is 11.6. The zero-order valence-corrected chi connectivity index (χ0v) is 16.2. The van der Waals surface area contributed by atoms with Gasteiger partial charge in [-0.25, -0.2) is 4.98 Å². The predicted octanol–water partition coefficient (Wildman–Crippen LogP) is 3.30. The number of aryl methyl sites for hydroxylation is 1. The van der Waals surface area contributed by atoms with Crippen LogP contribution < -0.4 is 5.56 Å². The Morgan fingerprint density at radius 1 is 1.42 bits per heavy atom. The lowest BCUT2D eigenvalue weighted by molar-refractivity contribution is -0.139. The van der Waals surface area contributed by atoms with Crippen LogP contribution in [0.3, 0.4) is 0 Å². The van der Waals surface area contributed by atoms with Crippen LogP contribution in [0.5, 0.6) is 0 Å². The standard InChI is InChI=1S/C16H15BrN2O3S2/c1-2-22-13(20)9-24-16-18-12-7-8-23-14(12)15(21)19(16)11-5-3-10(17)4-6-11/h3-6H,2,7-9H2,1H3. The molecule has 0 amide bonds. The Hall–Kier alpha value is -1.25. The molecule has 24 heavy (non-hydrogen) atoms. The fourth-order valence-corrected chi connectivity index (χ4v) is 4.45. The molecule has 0 saturated heterocycles.